The fourth-order valence-electron chi connectivity index (χ4n) is 1.91. The van der Waals surface area contributed by atoms with Crippen LogP contribution < -0.4 is 0 Å². The quantitative estimate of drug-likeness (QED) is 0.817. The molecular weight excluding hydrogens is 234 g/mol. The van der Waals surface area contributed by atoms with Gasteiger partial charge >= 0.3 is 0 Å². The van der Waals surface area contributed by atoms with Crippen LogP contribution in [0.1, 0.15) is 12.2 Å². The summed E-state index contributed by atoms with van der Waals surface area (Å²) in [6, 6.07) is 3.97. The summed E-state index contributed by atoms with van der Waals surface area (Å²) in [5, 5.41) is 6.06. The molecule has 0 aliphatic carbocycles. The molecule has 0 atom stereocenters. The van der Waals surface area contributed by atoms with Crippen LogP contribution in [0.2, 0.25) is 0 Å². The molecular formula is C12H13N3OS. The first kappa shape index (κ1) is 10.7. The van der Waals surface area contributed by atoms with Gasteiger partial charge in [0.15, 0.2) is 5.82 Å². The molecule has 3 heterocycles. The molecule has 0 aromatic carbocycles. The molecule has 2 aromatic heterocycles. The zero-order valence-corrected chi connectivity index (χ0v) is 10.4. The first-order chi connectivity index (χ1) is 8.33. The smallest absolute Gasteiger partial charge is 0.268 e. The number of rotatable bonds is 2. The highest BCUT2D eigenvalue weighted by molar-refractivity contribution is 7.13. The maximum atomic E-state index is 5.29. The zero-order chi connectivity index (χ0) is 11.7. The van der Waals surface area contributed by atoms with E-state index < -0.39 is 0 Å². The van der Waals surface area contributed by atoms with E-state index in [0.717, 1.165) is 35.8 Å². The Morgan fingerprint density at radius 2 is 2.41 bits per heavy atom. The number of aromatic nitrogens is 2. The van der Waals surface area contributed by atoms with Crippen molar-refractivity contribution in [2.45, 2.75) is 6.42 Å². The second kappa shape index (κ2) is 4.43. The predicted octanol–water partition coefficient (Wildman–Crippen LogP) is 2.52. The molecule has 88 valence electrons. The SMILES string of the molecule is CN1CCC=C(c2noc(-c3cccs3)n2)C1. The third-order valence-electron chi connectivity index (χ3n) is 2.79. The van der Waals surface area contributed by atoms with Crippen molar-refractivity contribution in [3.05, 3.63) is 29.4 Å². The lowest BCUT2D eigenvalue weighted by molar-refractivity contribution is 0.370. The third kappa shape index (κ3) is 2.16. The molecule has 0 fully saturated rings. The Labute approximate surface area is 104 Å². The molecule has 0 unspecified atom stereocenters. The van der Waals surface area contributed by atoms with Gasteiger partial charge in [-0.3, -0.25) is 0 Å². The third-order valence-corrected chi connectivity index (χ3v) is 3.64. The Morgan fingerprint density at radius 1 is 1.47 bits per heavy atom. The van der Waals surface area contributed by atoms with Gasteiger partial charge in [-0.2, -0.15) is 4.98 Å². The van der Waals surface area contributed by atoms with Gasteiger partial charge in [0.25, 0.3) is 5.89 Å². The standard InChI is InChI=1S/C12H13N3OS/c1-15-6-2-4-9(8-15)11-13-12(16-14-11)10-5-3-7-17-10/h3-5,7H,2,6,8H2,1H3. The molecule has 1 aliphatic rings. The molecule has 0 radical (unpaired) electrons. The molecule has 0 bridgehead atoms. The van der Waals surface area contributed by atoms with Gasteiger partial charge in [-0.25, -0.2) is 0 Å². The highest BCUT2D eigenvalue weighted by Gasteiger charge is 2.16. The number of hydrogen-bond acceptors (Lipinski definition) is 5. The van der Waals surface area contributed by atoms with Crippen molar-refractivity contribution in [3.8, 4) is 10.8 Å². The maximum absolute atomic E-state index is 5.29. The van der Waals surface area contributed by atoms with Gasteiger partial charge in [0, 0.05) is 18.7 Å². The molecule has 0 saturated heterocycles. The van der Waals surface area contributed by atoms with Crippen LogP contribution in [0.5, 0.6) is 0 Å². The number of nitrogens with zero attached hydrogens (tertiary/aromatic N) is 3. The summed E-state index contributed by atoms with van der Waals surface area (Å²) < 4.78 is 5.29. The topological polar surface area (TPSA) is 42.2 Å². The lowest BCUT2D eigenvalue weighted by atomic mass is 10.1. The molecule has 0 saturated carbocycles. The molecule has 0 amide bonds. The van der Waals surface area contributed by atoms with E-state index in [2.05, 4.69) is 28.2 Å². The normalized spacial score (nSPS) is 17.1. The molecule has 5 heteroatoms. The lowest BCUT2D eigenvalue weighted by Gasteiger charge is -2.20. The number of thiophene rings is 1. The second-order valence-corrected chi connectivity index (χ2v) is 5.10. The van der Waals surface area contributed by atoms with Crippen LogP contribution in [-0.4, -0.2) is 35.2 Å². The van der Waals surface area contributed by atoms with Crippen molar-refractivity contribution in [2.75, 3.05) is 20.1 Å². The molecule has 3 rings (SSSR count). The zero-order valence-electron chi connectivity index (χ0n) is 9.59. The minimum atomic E-state index is 0.615. The summed E-state index contributed by atoms with van der Waals surface area (Å²) in [6.45, 7) is 1.99. The van der Waals surface area contributed by atoms with Crippen LogP contribution in [-0.2, 0) is 0 Å². The van der Waals surface area contributed by atoms with Crippen molar-refractivity contribution < 1.29 is 4.52 Å². The van der Waals surface area contributed by atoms with Gasteiger partial charge in [0.2, 0.25) is 0 Å². The highest BCUT2D eigenvalue weighted by atomic mass is 32.1. The van der Waals surface area contributed by atoms with E-state index in [4.69, 9.17) is 4.52 Å². The second-order valence-electron chi connectivity index (χ2n) is 4.16. The Kier molecular flexibility index (Phi) is 2.78. The van der Waals surface area contributed by atoms with Crippen molar-refractivity contribution in [2.24, 2.45) is 0 Å². The molecule has 2 aromatic rings. The van der Waals surface area contributed by atoms with Crippen molar-refractivity contribution in [3.63, 3.8) is 0 Å². The van der Waals surface area contributed by atoms with Crippen molar-refractivity contribution in [1.29, 1.82) is 0 Å². The largest absolute Gasteiger partial charge is 0.333 e. The van der Waals surface area contributed by atoms with Crippen LogP contribution in [0.3, 0.4) is 0 Å². The maximum Gasteiger partial charge on any atom is 0.268 e. The predicted molar refractivity (Wildman–Crippen MR) is 67.7 cm³/mol. The molecule has 4 nitrogen and oxygen atoms in total. The Hall–Kier alpha value is -1.46. The molecule has 1 aliphatic heterocycles. The van der Waals surface area contributed by atoms with Gasteiger partial charge in [-0.1, -0.05) is 17.3 Å². The van der Waals surface area contributed by atoms with Crippen LogP contribution in [0, 0.1) is 0 Å². The Morgan fingerprint density at radius 3 is 3.18 bits per heavy atom. The van der Waals surface area contributed by atoms with E-state index in [1.807, 2.05) is 17.5 Å². The average molecular weight is 247 g/mol. The first-order valence-corrected chi connectivity index (χ1v) is 6.46. The van der Waals surface area contributed by atoms with Crippen molar-refractivity contribution in [1.82, 2.24) is 15.0 Å². The van der Waals surface area contributed by atoms with Crippen LogP contribution in [0.25, 0.3) is 16.3 Å². The van der Waals surface area contributed by atoms with Gasteiger partial charge in [0.1, 0.15) is 0 Å². The summed E-state index contributed by atoms with van der Waals surface area (Å²) in [7, 11) is 2.10. The van der Waals surface area contributed by atoms with E-state index >= 15 is 0 Å². The average Bonchev–Trinajstić information content (AvgIpc) is 3.00. The van der Waals surface area contributed by atoms with Crippen LogP contribution in [0.15, 0.2) is 28.1 Å². The highest BCUT2D eigenvalue weighted by Crippen LogP contribution is 2.25. The molecule has 0 spiro atoms. The van der Waals surface area contributed by atoms with E-state index in [9.17, 15) is 0 Å². The number of hydrogen-bond donors (Lipinski definition) is 0. The van der Waals surface area contributed by atoms with Crippen LogP contribution in [0.4, 0.5) is 0 Å². The fraction of sp³-hybridized carbons (Fsp3) is 0.333. The monoisotopic (exact) mass is 247 g/mol. The van der Waals surface area contributed by atoms with Crippen molar-refractivity contribution >= 4 is 16.9 Å². The summed E-state index contributed by atoms with van der Waals surface area (Å²) in [5.74, 6) is 1.34. The minimum absolute atomic E-state index is 0.615. The molecule has 17 heavy (non-hydrogen) atoms. The van der Waals surface area contributed by atoms with E-state index in [0.29, 0.717) is 5.89 Å². The summed E-state index contributed by atoms with van der Waals surface area (Å²) in [6.07, 6.45) is 3.25. The van der Waals surface area contributed by atoms with Crippen LogP contribution >= 0.6 is 11.3 Å². The summed E-state index contributed by atoms with van der Waals surface area (Å²) >= 11 is 1.61. The summed E-state index contributed by atoms with van der Waals surface area (Å²) in [5.41, 5.74) is 1.16. The van der Waals surface area contributed by atoms with Gasteiger partial charge in [-0.15, -0.1) is 11.3 Å². The lowest BCUT2D eigenvalue weighted by Crippen LogP contribution is -2.25. The minimum Gasteiger partial charge on any atom is -0.333 e. The van der Waals surface area contributed by atoms with Gasteiger partial charge < -0.3 is 9.42 Å². The van der Waals surface area contributed by atoms with E-state index in [1.54, 1.807) is 11.3 Å². The number of likely N-dealkylation sites (N-methyl/N-ethyl adjacent to an activating group) is 1. The van der Waals surface area contributed by atoms with Gasteiger partial charge in [-0.05, 0) is 24.9 Å². The molecule has 0 N–H and O–H groups in total. The van der Waals surface area contributed by atoms with E-state index in [1.165, 1.54) is 0 Å². The summed E-state index contributed by atoms with van der Waals surface area (Å²) in [4.78, 5) is 7.73. The first-order valence-electron chi connectivity index (χ1n) is 5.58. The van der Waals surface area contributed by atoms with Gasteiger partial charge in [0.05, 0.1) is 4.88 Å². The fourth-order valence-corrected chi connectivity index (χ4v) is 2.55. The Bertz CT molecular complexity index is 530. The Balaban J connectivity index is 1.88. The van der Waals surface area contributed by atoms with E-state index in [-0.39, 0.29) is 0 Å².